The Labute approximate surface area is 183 Å². The quantitative estimate of drug-likeness (QED) is 0.131. The van der Waals surface area contributed by atoms with E-state index in [4.69, 9.17) is 30.3 Å². The maximum absolute atomic E-state index is 12.1. The highest BCUT2D eigenvalue weighted by atomic mass is 31.2. The zero-order valence-electron chi connectivity index (χ0n) is 18.0. The second kappa shape index (κ2) is 14.1. The Kier molecular flexibility index (Phi) is 11.8. The summed E-state index contributed by atoms with van der Waals surface area (Å²) in [6.07, 6.45) is 6.62. The third kappa shape index (κ3) is 8.70. The van der Waals surface area contributed by atoms with Gasteiger partial charge in [0.25, 0.3) is 8.53 Å². The molecule has 11 nitrogen and oxygen atoms in total. The Morgan fingerprint density at radius 1 is 1.19 bits per heavy atom. The number of hydrogen-bond acceptors (Lipinski definition) is 10. The molecule has 1 saturated heterocycles. The fourth-order valence-electron chi connectivity index (χ4n) is 3.43. The van der Waals surface area contributed by atoms with Crippen molar-refractivity contribution < 1.29 is 29.0 Å². The van der Waals surface area contributed by atoms with Crippen LogP contribution in [-0.2, 0) is 19.0 Å². The molecule has 5 atom stereocenters. The SMILES string of the molecule is CCCCCCCCCCOOC[C@H]1O[C@@H](n2ccc(N)nc2=O)[C@H](O)[C@@H]1OP(N)O. The fraction of sp³-hybridized carbons (Fsp3) is 0.789. The fourth-order valence-corrected chi connectivity index (χ4v) is 3.94. The predicted molar refractivity (Wildman–Crippen MR) is 116 cm³/mol. The first-order valence-corrected chi connectivity index (χ1v) is 12.0. The van der Waals surface area contributed by atoms with E-state index in [1.54, 1.807) is 0 Å². The molecule has 6 N–H and O–H groups in total. The molecule has 2 rings (SSSR count). The normalized spacial score (nSPS) is 24.5. The highest BCUT2D eigenvalue weighted by Crippen LogP contribution is 2.36. The van der Waals surface area contributed by atoms with E-state index in [9.17, 15) is 14.8 Å². The van der Waals surface area contributed by atoms with Gasteiger partial charge in [0.2, 0.25) is 0 Å². The van der Waals surface area contributed by atoms with Gasteiger partial charge in [-0.1, -0.05) is 51.9 Å². The topological polar surface area (TPSA) is 164 Å². The van der Waals surface area contributed by atoms with Crippen LogP contribution in [0.25, 0.3) is 0 Å². The van der Waals surface area contributed by atoms with E-state index in [1.165, 1.54) is 50.8 Å². The number of unbranched alkanes of at least 4 members (excludes halogenated alkanes) is 7. The maximum atomic E-state index is 12.1. The molecule has 12 heteroatoms. The van der Waals surface area contributed by atoms with Crippen molar-refractivity contribution in [3.05, 3.63) is 22.7 Å². The molecule has 1 fully saturated rings. The summed E-state index contributed by atoms with van der Waals surface area (Å²) in [7, 11) is -2.26. The minimum atomic E-state index is -2.26. The van der Waals surface area contributed by atoms with Crippen molar-refractivity contribution in [2.24, 2.45) is 5.50 Å². The zero-order chi connectivity index (χ0) is 22.6. The summed E-state index contributed by atoms with van der Waals surface area (Å²) in [5, 5.41) is 10.6. The van der Waals surface area contributed by atoms with Gasteiger partial charge in [-0.3, -0.25) is 10.1 Å². The lowest BCUT2D eigenvalue weighted by molar-refractivity contribution is -0.309. The first-order chi connectivity index (χ1) is 14.9. The van der Waals surface area contributed by atoms with E-state index < -0.39 is 38.8 Å². The molecule has 0 spiro atoms. The number of hydrogen-bond donors (Lipinski definition) is 4. The van der Waals surface area contributed by atoms with Gasteiger partial charge in [0.1, 0.15) is 30.7 Å². The molecule has 0 saturated carbocycles. The van der Waals surface area contributed by atoms with Gasteiger partial charge >= 0.3 is 5.69 Å². The Bertz CT molecular complexity index is 693. The van der Waals surface area contributed by atoms with E-state index in [-0.39, 0.29) is 12.4 Å². The minimum absolute atomic E-state index is 0.0524. The molecule has 1 aromatic rings. The van der Waals surface area contributed by atoms with Crippen molar-refractivity contribution in [2.75, 3.05) is 18.9 Å². The largest absolute Gasteiger partial charge is 0.386 e. The summed E-state index contributed by atoms with van der Waals surface area (Å²) in [6, 6.07) is 1.41. The summed E-state index contributed by atoms with van der Waals surface area (Å²) in [6.45, 7) is 2.57. The van der Waals surface area contributed by atoms with Crippen molar-refractivity contribution in [1.29, 1.82) is 0 Å². The first-order valence-electron chi connectivity index (χ1n) is 10.8. The highest BCUT2D eigenvalue weighted by Gasteiger charge is 2.47. The molecule has 0 amide bonds. The van der Waals surface area contributed by atoms with Gasteiger partial charge in [0.15, 0.2) is 6.23 Å². The van der Waals surface area contributed by atoms with Crippen LogP contribution in [0.15, 0.2) is 17.1 Å². The minimum Gasteiger partial charge on any atom is -0.386 e. The first kappa shape index (κ1) is 26.1. The Morgan fingerprint density at radius 2 is 1.87 bits per heavy atom. The molecule has 2 heterocycles. The second-order valence-corrected chi connectivity index (χ2v) is 8.37. The van der Waals surface area contributed by atoms with Crippen LogP contribution in [0.4, 0.5) is 5.82 Å². The monoisotopic (exact) mass is 462 g/mol. The Morgan fingerprint density at radius 3 is 2.52 bits per heavy atom. The van der Waals surface area contributed by atoms with Crippen molar-refractivity contribution in [2.45, 2.75) is 82.8 Å². The Balaban J connectivity index is 1.76. The molecule has 0 radical (unpaired) electrons. The van der Waals surface area contributed by atoms with Crippen LogP contribution < -0.4 is 16.9 Å². The third-order valence-corrected chi connectivity index (χ3v) is 5.52. The van der Waals surface area contributed by atoms with Gasteiger partial charge in [-0.15, -0.1) is 0 Å². The van der Waals surface area contributed by atoms with E-state index in [0.717, 1.165) is 17.4 Å². The molecule has 1 aliphatic rings. The number of aliphatic hydroxyl groups is 1. The molecule has 31 heavy (non-hydrogen) atoms. The molecular weight excluding hydrogens is 427 g/mol. The van der Waals surface area contributed by atoms with Crippen LogP contribution in [0.5, 0.6) is 0 Å². The van der Waals surface area contributed by atoms with Crippen molar-refractivity contribution in [3.8, 4) is 0 Å². The third-order valence-electron chi connectivity index (χ3n) is 5.06. The number of rotatable bonds is 15. The van der Waals surface area contributed by atoms with E-state index in [2.05, 4.69) is 11.9 Å². The van der Waals surface area contributed by atoms with Crippen LogP contribution in [0.1, 0.15) is 64.5 Å². The van der Waals surface area contributed by atoms with Crippen LogP contribution >= 0.6 is 8.53 Å². The molecule has 1 unspecified atom stereocenters. The van der Waals surface area contributed by atoms with E-state index in [0.29, 0.717) is 6.61 Å². The standard InChI is InChI=1S/C19H35N4O7P/c1-2-3-4-5-6-7-8-9-12-27-28-13-14-17(30-31(21)26)16(24)18(29-14)23-11-10-15(20)22-19(23)25/h10-11,14,16-18,24,26H,2-9,12-13,21H2,1H3,(H2,20,22,25)/t14-,16-,17-,18-,31?/m1/s1. The molecule has 1 aliphatic heterocycles. The molecule has 1 aromatic heterocycles. The Hall–Kier alpha value is -1.17. The predicted octanol–water partition coefficient (Wildman–Crippen LogP) is 1.74. The summed E-state index contributed by atoms with van der Waals surface area (Å²) in [4.78, 5) is 35.6. The van der Waals surface area contributed by atoms with Gasteiger partial charge in [-0.25, -0.2) is 14.6 Å². The lowest BCUT2D eigenvalue weighted by atomic mass is 10.1. The second-order valence-electron chi connectivity index (χ2n) is 7.55. The van der Waals surface area contributed by atoms with Crippen LogP contribution in [0.2, 0.25) is 0 Å². The van der Waals surface area contributed by atoms with Crippen molar-refractivity contribution >= 4 is 14.3 Å². The van der Waals surface area contributed by atoms with Crippen molar-refractivity contribution in [3.63, 3.8) is 0 Å². The van der Waals surface area contributed by atoms with Gasteiger partial charge in [-0.2, -0.15) is 4.98 Å². The van der Waals surface area contributed by atoms with Crippen LogP contribution in [0, 0.1) is 0 Å². The number of nitrogens with two attached hydrogens (primary N) is 2. The number of aliphatic hydroxyl groups excluding tert-OH is 1. The number of anilines is 1. The molecular formula is C19H35N4O7P. The summed E-state index contributed by atoms with van der Waals surface area (Å²) in [5.74, 6) is 0.0524. The van der Waals surface area contributed by atoms with Gasteiger partial charge < -0.3 is 25.0 Å². The average Bonchev–Trinajstić information content (AvgIpc) is 3.01. The molecule has 0 aromatic carbocycles. The summed E-state index contributed by atoms with van der Waals surface area (Å²) < 4.78 is 12.1. The number of ether oxygens (including phenoxy) is 1. The number of aromatic nitrogens is 2. The highest BCUT2D eigenvalue weighted by molar-refractivity contribution is 7.43. The van der Waals surface area contributed by atoms with Crippen LogP contribution in [0.3, 0.4) is 0 Å². The lowest BCUT2D eigenvalue weighted by Crippen LogP contribution is -2.37. The van der Waals surface area contributed by atoms with Crippen molar-refractivity contribution in [1.82, 2.24) is 9.55 Å². The van der Waals surface area contributed by atoms with Gasteiger partial charge in [0.05, 0.1) is 6.61 Å². The summed E-state index contributed by atoms with van der Waals surface area (Å²) in [5.41, 5.74) is 10.2. The van der Waals surface area contributed by atoms with E-state index >= 15 is 0 Å². The number of nitrogens with zero attached hydrogens (tertiary/aromatic N) is 2. The lowest BCUT2D eigenvalue weighted by Gasteiger charge is -2.21. The zero-order valence-corrected chi connectivity index (χ0v) is 18.9. The average molecular weight is 462 g/mol. The molecule has 0 aliphatic carbocycles. The number of nitrogen functional groups attached to an aromatic ring is 1. The molecule has 0 bridgehead atoms. The van der Waals surface area contributed by atoms with E-state index in [1.807, 2.05) is 0 Å². The smallest absolute Gasteiger partial charge is 0.351 e. The summed E-state index contributed by atoms with van der Waals surface area (Å²) >= 11 is 0. The van der Waals surface area contributed by atoms with Gasteiger partial charge in [-0.05, 0) is 12.5 Å². The maximum Gasteiger partial charge on any atom is 0.351 e. The van der Waals surface area contributed by atoms with Gasteiger partial charge in [0, 0.05) is 6.20 Å². The molecule has 178 valence electrons. The van der Waals surface area contributed by atoms with Crippen LogP contribution in [-0.4, -0.2) is 51.1 Å².